The molecule has 0 unspecified atom stereocenters. The third-order valence-electron chi connectivity index (χ3n) is 3.72. The fourth-order valence-electron chi connectivity index (χ4n) is 2.24. The van der Waals surface area contributed by atoms with Gasteiger partial charge in [0, 0.05) is 24.4 Å². The molecule has 32 heavy (non-hydrogen) atoms. The number of para-hydroxylation sites is 2. The van der Waals surface area contributed by atoms with Crippen LogP contribution < -0.4 is 10.6 Å². The number of anilines is 2. The number of aliphatic hydroxyl groups is 1. The number of carbonyl (C=O) groups is 4. The number of alkyl halides is 3. The zero-order valence-corrected chi connectivity index (χ0v) is 17.0. The number of halogens is 3. The maximum absolute atomic E-state index is 11.8. The van der Waals surface area contributed by atoms with Crippen molar-refractivity contribution in [3.8, 4) is 0 Å². The molecule has 0 aliphatic carbocycles. The van der Waals surface area contributed by atoms with Gasteiger partial charge < -0.3 is 15.7 Å². The van der Waals surface area contributed by atoms with Crippen molar-refractivity contribution in [1.29, 1.82) is 0 Å². The van der Waals surface area contributed by atoms with Gasteiger partial charge in [0.2, 0.25) is 17.6 Å². The third-order valence-corrected chi connectivity index (χ3v) is 3.72. The maximum atomic E-state index is 11.8. The lowest BCUT2D eigenvalue weighted by atomic mass is 10.1. The van der Waals surface area contributed by atoms with Crippen molar-refractivity contribution in [2.45, 2.75) is 31.9 Å². The fraction of sp³-hybridized carbons (Fsp3) is 0.273. The largest absolute Gasteiger partial charge is 0.450 e. The van der Waals surface area contributed by atoms with Gasteiger partial charge in [-0.3, -0.25) is 19.2 Å². The second-order valence-electron chi connectivity index (χ2n) is 6.47. The Morgan fingerprint density at radius 3 is 1.59 bits per heavy atom. The quantitative estimate of drug-likeness (QED) is 0.504. The molecular weight excluding hydrogens is 429 g/mol. The van der Waals surface area contributed by atoms with Gasteiger partial charge in [0.1, 0.15) is 5.78 Å². The van der Waals surface area contributed by atoms with Gasteiger partial charge in [-0.25, -0.2) is 0 Å². The summed E-state index contributed by atoms with van der Waals surface area (Å²) in [5.74, 6) is -3.49. The Morgan fingerprint density at radius 1 is 0.750 bits per heavy atom. The van der Waals surface area contributed by atoms with Crippen LogP contribution >= 0.6 is 0 Å². The van der Waals surface area contributed by atoms with Crippen LogP contribution in [0.25, 0.3) is 0 Å². The molecule has 172 valence electrons. The number of amides is 2. The van der Waals surface area contributed by atoms with E-state index < -0.39 is 24.3 Å². The minimum atomic E-state index is -4.96. The number of rotatable bonds is 9. The van der Waals surface area contributed by atoms with Gasteiger partial charge in [0.15, 0.2) is 0 Å². The van der Waals surface area contributed by atoms with Crippen LogP contribution in [0.2, 0.25) is 0 Å². The molecule has 0 fully saturated rings. The molecule has 2 rings (SSSR count). The van der Waals surface area contributed by atoms with Crippen LogP contribution in [-0.4, -0.2) is 41.3 Å². The van der Waals surface area contributed by atoms with Crippen molar-refractivity contribution in [2.24, 2.45) is 0 Å². The Kier molecular flexibility index (Phi) is 11.4. The van der Waals surface area contributed by atoms with E-state index >= 15 is 0 Å². The van der Waals surface area contributed by atoms with E-state index in [1.807, 2.05) is 18.2 Å². The van der Waals surface area contributed by atoms with Crippen LogP contribution in [0.5, 0.6) is 0 Å². The summed E-state index contributed by atoms with van der Waals surface area (Å²) in [4.78, 5) is 44.1. The van der Waals surface area contributed by atoms with Crippen LogP contribution in [-0.2, 0) is 19.2 Å². The number of carbonyl (C=O) groups excluding carboxylic acids is 4. The Morgan fingerprint density at radius 2 is 1.19 bits per heavy atom. The smallest absolute Gasteiger partial charge is 0.396 e. The van der Waals surface area contributed by atoms with E-state index in [-0.39, 0.29) is 31.1 Å². The van der Waals surface area contributed by atoms with Crippen molar-refractivity contribution < 1.29 is 37.5 Å². The summed E-state index contributed by atoms with van der Waals surface area (Å²) in [5, 5.41) is 13.3. The summed E-state index contributed by atoms with van der Waals surface area (Å²) in [7, 11) is 0. The number of benzene rings is 2. The topological polar surface area (TPSA) is 113 Å². The van der Waals surface area contributed by atoms with E-state index in [0.29, 0.717) is 17.8 Å². The van der Waals surface area contributed by atoms with E-state index in [9.17, 15) is 32.3 Å². The lowest BCUT2D eigenvalue weighted by molar-refractivity contribution is -0.171. The molecule has 0 radical (unpaired) electrons. The molecule has 2 amide bonds. The number of Topliss-reactive ketones (excluding diaryl/α,β-unsaturated/α-hetero) is 2. The van der Waals surface area contributed by atoms with Gasteiger partial charge in [0.25, 0.3) is 0 Å². The van der Waals surface area contributed by atoms with Crippen LogP contribution in [0, 0.1) is 0 Å². The molecule has 0 aliphatic heterocycles. The Bertz CT molecular complexity index is 887. The van der Waals surface area contributed by atoms with Gasteiger partial charge >= 0.3 is 6.18 Å². The summed E-state index contributed by atoms with van der Waals surface area (Å²) in [6, 6.07) is 16.9. The number of nitrogens with one attached hydrogen (secondary N) is 2. The molecule has 0 bridgehead atoms. The average molecular weight is 452 g/mol. The zero-order chi connectivity index (χ0) is 24.0. The number of ketones is 2. The first-order valence-corrected chi connectivity index (χ1v) is 9.54. The number of aliphatic hydroxyl groups excluding tert-OH is 1. The lowest BCUT2D eigenvalue weighted by Gasteiger charge is -2.06. The van der Waals surface area contributed by atoms with E-state index in [2.05, 4.69) is 10.6 Å². The van der Waals surface area contributed by atoms with Crippen molar-refractivity contribution in [3.05, 3.63) is 60.7 Å². The van der Waals surface area contributed by atoms with Gasteiger partial charge in [-0.2, -0.15) is 13.2 Å². The van der Waals surface area contributed by atoms with Crippen LogP contribution in [0.4, 0.5) is 24.5 Å². The molecular formula is C22H23F3N2O5. The van der Waals surface area contributed by atoms with Crippen LogP contribution in [0.3, 0.4) is 0 Å². The summed E-state index contributed by atoms with van der Waals surface area (Å²) in [6.45, 7) is -0.0218. The molecule has 7 nitrogen and oxygen atoms in total. The number of hydrogen-bond acceptors (Lipinski definition) is 5. The Hall–Kier alpha value is -3.53. The highest BCUT2D eigenvalue weighted by Gasteiger charge is 2.39. The molecule has 0 atom stereocenters. The standard InChI is InChI=1S/C12H15NO3.C10H8F3NO2/c14-8-4-7-11(15)9-12(16)13-10-5-2-1-3-6-10;11-10(12,13)8(15)6-9(16)14-7-4-2-1-3-5-7/h1-3,5-6,14H,4,7-9H2,(H,13,16);1-5H,6H2,(H,14,16). The van der Waals surface area contributed by atoms with Gasteiger partial charge in [-0.1, -0.05) is 36.4 Å². The molecule has 0 saturated carbocycles. The van der Waals surface area contributed by atoms with Crippen molar-refractivity contribution in [3.63, 3.8) is 0 Å². The minimum absolute atomic E-state index is 0.0218. The third kappa shape index (κ3) is 11.6. The lowest BCUT2D eigenvalue weighted by Crippen LogP contribution is -2.27. The molecule has 2 aromatic rings. The van der Waals surface area contributed by atoms with E-state index in [0.717, 1.165) is 0 Å². The molecule has 2 aromatic carbocycles. The van der Waals surface area contributed by atoms with E-state index in [4.69, 9.17) is 5.11 Å². The van der Waals surface area contributed by atoms with Crippen molar-refractivity contribution >= 4 is 34.8 Å². The van der Waals surface area contributed by atoms with E-state index in [1.165, 1.54) is 12.1 Å². The first-order valence-electron chi connectivity index (χ1n) is 9.54. The SMILES string of the molecule is O=C(CC(=O)C(F)(F)F)Nc1ccccc1.O=C(CCCO)CC(=O)Nc1ccccc1. The normalized spacial score (nSPS) is 10.4. The second kappa shape index (κ2) is 13.7. The fourth-order valence-corrected chi connectivity index (χ4v) is 2.24. The molecule has 10 heteroatoms. The highest BCUT2D eigenvalue weighted by molar-refractivity contribution is 6.06. The van der Waals surface area contributed by atoms with E-state index in [1.54, 1.807) is 30.3 Å². The van der Waals surface area contributed by atoms with Crippen LogP contribution in [0.15, 0.2) is 60.7 Å². The van der Waals surface area contributed by atoms with Gasteiger partial charge in [0.05, 0.1) is 12.8 Å². The Labute approximate surface area is 182 Å². The second-order valence-corrected chi connectivity index (χ2v) is 6.47. The maximum Gasteiger partial charge on any atom is 0.450 e. The predicted octanol–water partition coefficient (Wildman–Crippen LogP) is 3.50. The molecule has 0 aromatic heterocycles. The monoisotopic (exact) mass is 452 g/mol. The first kappa shape index (κ1) is 26.5. The van der Waals surface area contributed by atoms with Crippen LogP contribution in [0.1, 0.15) is 25.7 Å². The highest BCUT2D eigenvalue weighted by Crippen LogP contribution is 2.18. The molecule has 0 heterocycles. The highest BCUT2D eigenvalue weighted by atomic mass is 19.4. The summed E-state index contributed by atoms with van der Waals surface area (Å²) >= 11 is 0. The zero-order valence-electron chi connectivity index (χ0n) is 17.0. The minimum Gasteiger partial charge on any atom is -0.396 e. The summed E-state index contributed by atoms with van der Waals surface area (Å²) in [6.07, 6.45) is -5.63. The average Bonchev–Trinajstić information content (AvgIpc) is 2.73. The van der Waals surface area contributed by atoms with Crippen molar-refractivity contribution in [1.82, 2.24) is 0 Å². The molecule has 0 spiro atoms. The number of hydrogen-bond donors (Lipinski definition) is 3. The Balaban J connectivity index is 0.000000320. The molecule has 3 N–H and O–H groups in total. The predicted molar refractivity (Wildman–Crippen MR) is 112 cm³/mol. The van der Waals surface area contributed by atoms with Gasteiger partial charge in [-0.15, -0.1) is 0 Å². The van der Waals surface area contributed by atoms with Crippen molar-refractivity contribution in [2.75, 3.05) is 17.2 Å². The van der Waals surface area contributed by atoms with Gasteiger partial charge in [-0.05, 0) is 30.7 Å². The molecule has 0 saturated heterocycles. The molecule has 0 aliphatic rings. The summed E-state index contributed by atoms with van der Waals surface area (Å²) in [5.41, 5.74) is 1.03. The summed E-state index contributed by atoms with van der Waals surface area (Å²) < 4.78 is 35.5. The first-order chi connectivity index (χ1) is 15.1.